The molecule has 1 aromatic carbocycles. The molecule has 0 bridgehead atoms. The monoisotopic (exact) mass is 366 g/mol. The average molecular weight is 366 g/mol. The van der Waals surface area contributed by atoms with Crippen LogP contribution in [0, 0.1) is 20.8 Å². The van der Waals surface area contributed by atoms with Crippen LogP contribution in [0.2, 0.25) is 0 Å². The van der Waals surface area contributed by atoms with Crippen LogP contribution < -0.4 is 5.32 Å². The summed E-state index contributed by atoms with van der Waals surface area (Å²) in [4.78, 5) is 15.2. The molecule has 4 rings (SSSR count). The molecule has 0 aliphatic carbocycles. The summed E-state index contributed by atoms with van der Waals surface area (Å²) in [5, 5.41) is 4.06. The molecule has 3 aromatic rings. The highest BCUT2D eigenvalue weighted by atomic mass is 16.3. The Morgan fingerprint density at radius 3 is 2.59 bits per heavy atom. The van der Waals surface area contributed by atoms with Gasteiger partial charge in [0.25, 0.3) is 5.91 Å². The lowest BCUT2D eigenvalue weighted by Gasteiger charge is -2.25. The van der Waals surface area contributed by atoms with Crippen molar-refractivity contribution in [2.75, 3.05) is 19.6 Å². The van der Waals surface area contributed by atoms with Crippen molar-refractivity contribution < 1.29 is 13.6 Å². The molecule has 142 valence electrons. The van der Waals surface area contributed by atoms with Crippen LogP contribution in [0.3, 0.4) is 0 Å². The summed E-state index contributed by atoms with van der Waals surface area (Å²) in [5.74, 6) is 2.02. The van der Waals surface area contributed by atoms with Crippen LogP contribution in [-0.4, -0.2) is 30.4 Å². The maximum atomic E-state index is 12.8. The van der Waals surface area contributed by atoms with Crippen LogP contribution in [0.15, 0.2) is 39.2 Å². The molecule has 1 N–H and O–H groups in total. The Bertz CT molecular complexity index is 963. The number of carbonyl (C=O) groups is 1. The van der Waals surface area contributed by atoms with Crippen molar-refractivity contribution in [3.05, 3.63) is 58.7 Å². The van der Waals surface area contributed by atoms with Gasteiger partial charge >= 0.3 is 0 Å². The zero-order valence-electron chi connectivity index (χ0n) is 16.2. The van der Waals surface area contributed by atoms with Gasteiger partial charge in [0.2, 0.25) is 0 Å². The number of rotatable bonds is 5. The van der Waals surface area contributed by atoms with Crippen LogP contribution >= 0.6 is 0 Å². The Balaban J connectivity index is 1.53. The number of furan rings is 2. The van der Waals surface area contributed by atoms with E-state index in [9.17, 15) is 4.79 Å². The number of benzene rings is 1. The van der Waals surface area contributed by atoms with Crippen molar-refractivity contribution in [3.8, 4) is 0 Å². The molecule has 27 heavy (non-hydrogen) atoms. The number of hydrogen-bond acceptors (Lipinski definition) is 4. The topological polar surface area (TPSA) is 58.6 Å². The molecular weight excluding hydrogens is 340 g/mol. The molecule has 1 aliphatic rings. The van der Waals surface area contributed by atoms with Crippen molar-refractivity contribution in [1.29, 1.82) is 0 Å². The fourth-order valence-electron chi connectivity index (χ4n) is 3.91. The smallest absolute Gasteiger partial charge is 0.287 e. The zero-order chi connectivity index (χ0) is 19.0. The molecule has 0 unspecified atom stereocenters. The number of hydrogen-bond donors (Lipinski definition) is 1. The first kappa shape index (κ1) is 17.9. The zero-order valence-corrected chi connectivity index (χ0v) is 16.2. The van der Waals surface area contributed by atoms with Crippen LogP contribution in [-0.2, 0) is 0 Å². The number of aryl methyl sites for hydroxylation is 3. The predicted molar refractivity (Wildman–Crippen MR) is 105 cm³/mol. The number of amides is 1. The summed E-state index contributed by atoms with van der Waals surface area (Å²) in [7, 11) is 0. The van der Waals surface area contributed by atoms with E-state index >= 15 is 0 Å². The van der Waals surface area contributed by atoms with Gasteiger partial charge in [-0.2, -0.15) is 0 Å². The standard InChI is InChI=1S/C22H26N2O3/c1-14-6-8-17-16(3)21(27-20(17)12-14)22(25)23-13-18(24-10-4-5-11-24)19-9-7-15(2)26-19/h6-9,12,18H,4-5,10-11,13H2,1-3H3,(H,23,25)/t18-/m0/s1. The van der Waals surface area contributed by atoms with E-state index in [1.165, 1.54) is 12.8 Å². The Morgan fingerprint density at radius 2 is 1.89 bits per heavy atom. The second-order valence-corrected chi connectivity index (χ2v) is 7.47. The first-order valence-corrected chi connectivity index (χ1v) is 9.61. The highest BCUT2D eigenvalue weighted by Gasteiger charge is 2.27. The molecule has 1 saturated heterocycles. The fraction of sp³-hybridized carbons (Fsp3) is 0.409. The van der Waals surface area contributed by atoms with E-state index in [1.807, 2.05) is 51.1 Å². The lowest BCUT2D eigenvalue weighted by Crippen LogP contribution is -2.36. The second kappa shape index (κ2) is 7.24. The van der Waals surface area contributed by atoms with Gasteiger partial charge in [0, 0.05) is 17.5 Å². The minimum absolute atomic E-state index is 0.0529. The highest BCUT2D eigenvalue weighted by Crippen LogP contribution is 2.28. The SMILES string of the molecule is Cc1ccc2c(C)c(C(=O)NC[C@@H](c3ccc(C)o3)N3CCCC3)oc2c1. The van der Waals surface area contributed by atoms with Crippen molar-refractivity contribution in [2.45, 2.75) is 39.7 Å². The summed E-state index contributed by atoms with van der Waals surface area (Å²) in [5.41, 5.74) is 2.76. The van der Waals surface area contributed by atoms with Gasteiger partial charge in [-0.25, -0.2) is 0 Å². The maximum absolute atomic E-state index is 12.8. The Kier molecular flexibility index (Phi) is 4.79. The van der Waals surface area contributed by atoms with Crippen LogP contribution in [0.5, 0.6) is 0 Å². The quantitative estimate of drug-likeness (QED) is 0.721. The number of nitrogens with one attached hydrogen (secondary N) is 1. The summed E-state index contributed by atoms with van der Waals surface area (Å²) in [6.45, 7) is 8.46. The molecule has 5 nitrogen and oxygen atoms in total. The minimum Gasteiger partial charge on any atom is -0.465 e. The van der Waals surface area contributed by atoms with E-state index < -0.39 is 0 Å². The van der Waals surface area contributed by atoms with Crippen molar-refractivity contribution in [1.82, 2.24) is 10.2 Å². The van der Waals surface area contributed by atoms with Gasteiger partial charge in [0.15, 0.2) is 5.76 Å². The van der Waals surface area contributed by atoms with Crippen LogP contribution in [0.1, 0.15) is 52.1 Å². The number of carbonyl (C=O) groups excluding carboxylic acids is 1. The van der Waals surface area contributed by atoms with E-state index in [0.717, 1.165) is 46.7 Å². The Labute approximate surface area is 159 Å². The van der Waals surface area contributed by atoms with Gasteiger partial charge in [0.05, 0.1) is 6.04 Å². The fourth-order valence-corrected chi connectivity index (χ4v) is 3.91. The predicted octanol–water partition coefficient (Wildman–Crippen LogP) is 4.52. The van der Waals surface area contributed by atoms with Gasteiger partial charge in [0.1, 0.15) is 17.1 Å². The van der Waals surface area contributed by atoms with Crippen molar-refractivity contribution >= 4 is 16.9 Å². The highest BCUT2D eigenvalue weighted by molar-refractivity contribution is 5.99. The lowest BCUT2D eigenvalue weighted by molar-refractivity contribution is 0.0907. The first-order valence-electron chi connectivity index (χ1n) is 9.61. The van der Waals surface area contributed by atoms with Gasteiger partial charge in [-0.15, -0.1) is 0 Å². The van der Waals surface area contributed by atoms with Gasteiger partial charge in [-0.1, -0.05) is 12.1 Å². The molecule has 3 heterocycles. The van der Waals surface area contributed by atoms with Crippen LogP contribution in [0.4, 0.5) is 0 Å². The molecule has 2 aromatic heterocycles. The number of nitrogens with zero attached hydrogens (tertiary/aromatic N) is 1. The molecule has 1 amide bonds. The Morgan fingerprint density at radius 1 is 1.11 bits per heavy atom. The molecule has 0 radical (unpaired) electrons. The molecule has 0 saturated carbocycles. The third kappa shape index (κ3) is 3.52. The van der Waals surface area contributed by atoms with Crippen LogP contribution in [0.25, 0.3) is 11.0 Å². The number of likely N-dealkylation sites (tertiary alicyclic amines) is 1. The molecule has 0 spiro atoms. The number of fused-ring (bicyclic) bond motifs is 1. The van der Waals surface area contributed by atoms with E-state index in [1.54, 1.807) is 0 Å². The van der Waals surface area contributed by atoms with Crippen molar-refractivity contribution in [2.24, 2.45) is 0 Å². The van der Waals surface area contributed by atoms with E-state index in [0.29, 0.717) is 12.3 Å². The summed E-state index contributed by atoms with van der Waals surface area (Å²) in [6, 6.07) is 10.1. The van der Waals surface area contributed by atoms with Crippen molar-refractivity contribution in [3.63, 3.8) is 0 Å². The van der Waals surface area contributed by atoms with E-state index in [2.05, 4.69) is 10.2 Å². The van der Waals surface area contributed by atoms with E-state index in [4.69, 9.17) is 8.83 Å². The summed E-state index contributed by atoms with van der Waals surface area (Å²) >= 11 is 0. The van der Waals surface area contributed by atoms with Gasteiger partial charge in [-0.3, -0.25) is 9.69 Å². The first-order chi connectivity index (χ1) is 13.0. The lowest BCUT2D eigenvalue weighted by atomic mass is 10.1. The average Bonchev–Trinajstić information content (AvgIpc) is 3.37. The minimum atomic E-state index is -0.172. The Hall–Kier alpha value is -2.53. The third-order valence-electron chi connectivity index (χ3n) is 5.43. The summed E-state index contributed by atoms with van der Waals surface area (Å²) < 4.78 is 11.7. The molecule has 1 aliphatic heterocycles. The van der Waals surface area contributed by atoms with Gasteiger partial charge in [-0.05, 0) is 70.5 Å². The largest absolute Gasteiger partial charge is 0.465 e. The molecule has 1 fully saturated rings. The third-order valence-corrected chi connectivity index (χ3v) is 5.43. The van der Waals surface area contributed by atoms with E-state index in [-0.39, 0.29) is 11.9 Å². The van der Waals surface area contributed by atoms with Gasteiger partial charge < -0.3 is 14.2 Å². The summed E-state index contributed by atoms with van der Waals surface area (Å²) in [6.07, 6.45) is 2.37. The molecular formula is C22H26N2O3. The normalized spacial score (nSPS) is 16.1. The second-order valence-electron chi connectivity index (χ2n) is 7.47. The molecule has 1 atom stereocenters. The maximum Gasteiger partial charge on any atom is 0.287 e. The molecule has 5 heteroatoms.